The molecule has 3 atom stereocenters. The summed E-state index contributed by atoms with van der Waals surface area (Å²) in [5.41, 5.74) is 0.997. The van der Waals surface area contributed by atoms with Crippen LogP contribution in [0, 0.1) is 6.92 Å². The monoisotopic (exact) mass is 672 g/mol. The third kappa shape index (κ3) is 5.87. The minimum Gasteiger partial charge on any atom is -0.376 e. The Labute approximate surface area is 272 Å². The number of halogens is 6. The lowest BCUT2D eigenvalue weighted by Crippen LogP contribution is -2.57. The zero-order chi connectivity index (χ0) is 34.0. The second-order valence-electron chi connectivity index (χ2n) is 12.7. The number of piperazine rings is 1. The summed E-state index contributed by atoms with van der Waals surface area (Å²) in [6.07, 6.45) is -5.39. The zero-order valence-corrected chi connectivity index (χ0v) is 26.5. The van der Waals surface area contributed by atoms with E-state index in [0.29, 0.717) is 47.9 Å². The van der Waals surface area contributed by atoms with Crippen LogP contribution in [0.25, 0.3) is 16.9 Å². The van der Waals surface area contributed by atoms with E-state index in [1.54, 1.807) is 6.33 Å². The molecule has 0 N–H and O–H groups in total. The van der Waals surface area contributed by atoms with Crippen molar-refractivity contribution in [3.05, 3.63) is 82.9 Å². The Kier molecular flexibility index (Phi) is 8.09. The number of imidazole rings is 1. The second-order valence-corrected chi connectivity index (χ2v) is 12.7. The van der Waals surface area contributed by atoms with Crippen LogP contribution in [0.3, 0.4) is 0 Å². The van der Waals surface area contributed by atoms with Crippen molar-refractivity contribution in [2.75, 3.05) is 24.6 Å². The van der Waals surface area contributed by atoms with Gasteiger partial charge in [0.15, 0.2) is 11.5 Å². The van der Waals surface area contributed by atoms with E-state index < -0.39 is 29.5 Å². The summed E-state index contributed by atoms with van der Waals surface area (Å²) in [5.74, 6) is 1.86. The Morgan fingerprint density at radius 1 is 0.854 bits per heavy atom. The van der Waals surface area contributed by atoms with Gasteiger partial charge in [0.1, 0.15) is 17.7 Å². The summed E-state index contributed by atoms with van der Waals surface area (Å²) in [4.78, 5) is 14.1. The Balaban J connectivity index is 1.25. The van der Waals surface area contributed by atoms with Gasteiger partial charge in [0, 0.05) is 31.8 Å². The number of hydrogen-bond donors (Lipinski definition) is 0. The average molecular weight is 673 g/mol. The lowest BCUT2D eigenvalue weighted by molar-refractivity contribution is -0.138. The number of fused-ring (bicyclic) bond motifs is 3. The van der Waals surface area contributed by atoms with Gasteiger partial charge in [-0.2, -0.15) is 31.3 Å². The first-order chi connectivity index (χ1) is 22.8. The molecule has 2 fully saturated rings. The van der Waals surface area contributed by atoms with Crippen molar-refractivity contribution in [1.82, 2.24) is 34.0 Å². The van der Waals surface area contributed by atoms with Crippen molar-refractivity contribution >= 4 is 22.8 Å². The third-order valence-electron chi connectivity index (χ3n) is 9.46. The van der Waals surface area contributed by atoms with E-state index in [0.717, 1.165) is 55.2 Å². The van der Waals surface area contributed by atoms with Crippen molar-refractivity contribution in [2.24, 2.45) is 0 Å². The Morgan fingerprint density at radius 2 is 1.48 bits per heavy atom. The highest BCUT2D eigenvalue weighted by Gasteiger charge is 2.38. The Hall–Kier alpha value is -4.24. The molecule has 15 heteroatoms. The number of alkyl halides is 6. The van der Waals surface area contributed by atoms with Gasteiger partial charge in [0.2, 0.25) is 0 Å². The zero-order valence-electron chi connectivity index (χ0n) is 26.5. The molecular formula is C33H34F6N8O. The number of aryl methyl sites for hydroxylation is 1. The van der Waals surface area contributed by atoms with E-state index in [4.69, 9.17) is 14.7 Å². The van der Waals surface area contributed by atoms with E-state index in [1.807, 2.05) is 25.2 Å². The minimum atomic E-state index is -4.52. The molecule has 2 aromatic carbocycles. The number of anilines is 1. The van der Waals surface area contributed by atoms with Gasteiger partial charge in [-0.3, -0.25) is 4.90 Å². The average Bonchev–Trinajstić information content (AvgIpc) is 3.79. The molecule has 0 amide bonds. The molecule has 0 radical (unpaired) electrons. The molecule has 48 heavy (non-hydrogen) atoms. The SMILES string of the molecule is Cc1nc2c(N3C[C@@H](C)N(C(c4ccc(C(F)(F)F)cc4)c4ccc(C(F)(F)F)cc4)C[C@@H]3C)nc3nncn3c2n1C[C@@H]1CCCO1. The molecular weight excluding hydrogens is 638 g/mol. The van der Waals surface area contributed by atoms with E-state index in [2.05, 4.69) is 24.6 Å². The van der Waals surface area contributed by atoms with E-state index in [-0.39, 0.29) is 18.2 Å². The highest BCUT2D eigenvalue weighted by molar-refractivity contribution is 5.87. The van der Waals surface area contributed by atoms with Gasteiger partial charge in [0.05, 0.1) is 29.8 Å². The highest BCUT2D eigenvalue weighted by Crippen LogP contribution is 2.39. The molecule has 0 aliphatic carbocycles. The van der Waals surface area contributed by atoms with Crippen LogP contribution in [0.2, 0.25) is 0 Å². The molecule has 2 aliphatic rings. The summed E-state index contributed by atoms with van der Waals surface area (Å²) in [6.45, 7) is 8.21. The summed E-state index contributed by atoms with van der Waals surface area (Å²) in [5, 5.41) is 8.36. The fourth-order valence-corrected chi connectivity index (χ4v) is 7.05. The smallest absolute Gasteiger partial charge is 0.376 e. The first kappa shape index (κ1) is 32.3. The molecule has 0 spiro atoms. The van der Waals surface area contributed by atoms with Gasteiger partial charge >= 0.3 is 12.4 Å². The first-order valence-corrected chi connectivity index (χ1v) is 15.8. The predicted molar refractivity (Wildman–Crippen MR) is 165 cm³/mol. The summed E-state index contributed by atoms with van der Waals surface area (Å²) >= 11 is 0. The van der Waals surface area contributed by atoms with Gasteiger partial charge in [-0.05, 0) is 69.0 Å². The van der Waals surface area contributed by atoms with Crippen LogP contribution in [0.4, 0.5) is 32.2 Å². The standard InChI is InChI=1S/C33H34F6N8O/c1-19-16-45(29-27-30(47-18-40-43-31(47)42-29)46(21(3)41-27)17-26-5-4-14-48-26)20(2)15-44(19)28(22-6-10-24(11-7-22)32(34,35)36)23-8-12-25(13-9-23)33(37,38)39/h6-13,18-20,26,28H,4-5,14-17H2,1-3H3/t19-,20+,26+/m1/s1. The van der Waals surface area contributed by atoms with Gasteiger partial charge in [-0.15, -0.1) is 10.2 Å². The van der Waals surface area contributed by atoms with Crippen LogP contribution >= 0.6 is 0 Å². The van der Waals surface area contributed by atoms with Gasteiger partial charge in [-0.1, -0.05) is 24.3 Å². The maximum atomic E-state index is 13.4. The number of ether oxygens (including phenoxy) is 1. The molecule has 5 heterocycles. The molecule has 9 nitrogen and oxygen atoms in total. The largest absolute Gasteiger partial charge is 0.416 e. The lowest BCUT2D eigenvalue weighted by atomic mass is 9.92. The molecule has 2 saturated heterocycles. The topological polar surface area (TPSA) is 76.6 Å². The maximum absolute atomic E-state index is 13.4. The summed E-state index contributed by atoms with van der Waals surface area (Å²) in [6, 6.07) is 8.71. The first-order valence-electron chi connectivity index (χ1n) is 15.8. The Bertz CT molecular complexity index is 1850. The molecule has 254 valence electrons. The molecule has 3 aromatic heterocycles. The molecule has 0 saturated carbocycles. The van der Waals surface area contributed by atoms with Crippen LogP contribution in [0.1, 0.15) is 60.8 Å². The normalized spacial score (nSPS) is 21.3. The van der Waals surface area contributed by atoms with E-state index >= 15 is 0 Å². The summed E-state index contributed by atoms with van der Waals surface area (Å²) in [7, 11) is 0. The van der Waals surface area contributed by atoms with Gasteiger partial charge in [0.25, 0.3) is 5.78 Å². The highest BCUT2D eigenvalue weighted by atomic mass is 19.4. The number of rotatable bonds is 6. The van der Waals surface area contributed by atoms with Crippen LogP contribution < -0.4 is 4.90 Å². The molecule has 0 unspecified atom stereocenters. The van der Waals surface area contributed by atoms with Crippen LogP contribution in [0.15, 0.2) is 54.9 Å². The number of nitrogens with zero attached hydrogens (tertiary/aromatic N) is 8. The Morgan fingerprint density at radius 3 is 2.04 bits per heavy atom. The van der Waals surface area contributed by atoms with Crippen molar-refractivity contribution in [3.8, 4) is 0 Å². The lowest BCUT2D eigenvalue weighted by Gasteiger charge is -2.48. The third-order valence-corrected chi connectivity index (χ3v) is 9.46. The van der Waals surface area contributed by atoms with Crippen LogP contribution in [0.5, 0.6) is 0 Å². The number of hydrogen-bond acceptors (Lipinski definition) is 7. The second kappa shape index (κ2) is 12.0. The van der Waals surface area contributed by atoms with E-state index in [1.165, 1.54) is 24.3 Å². The summed E-state index contributed by atoms with van der Waals surface area (Å²) < 4.78 is 90.5. The fraction of sp³-hybridized carbons (Fsp3) is 0.455. The van der Waals surface area contributed by atoms with Crippen LogP contribution in [-0.4, -0.2) is 71.9 Å². The number of aromatic nitrogens is 6. The predicted octanol–water partition coefficient (Wildman–Crippen LogP) is 6.69. The maximum Gasteiger partial charge on any atom is 0.416 e. The molecule has 0 bridgehead atoms. The minimum absolute atomic E-state index is 0.0686. The van der Waals surface area contributed by atoms with Crippen LogP contribution in [-0.2, 0) is 23.6 Å². The van der Waals surface area contributed by atoms with Crippen molar-refractivity contribution in [2.45, 2.75) is 76.7 Å². The van der Waals surface area contributed by atoms with Crippen molar-refractivity contribution in [3.63, 3.8) is 0 Å². The van der Waals surface area contributed by atoms with E-state index in [9.17, 15) is 26.3 Å². The quantitative estimate of drug-likeness (QED) is 0.186. The van der Waals surface area contributed by atoms with Crippen molar-refractivity contribution in [1.29, 1.82) is 0 Å². The number of benzene rings is 2. The molecule has 2 aliphatic heterocycles. The van der Waals surface area contributed by atoms with Gasteiger partial charge < -0.3 is 14.2 Å². The van der Waals surface area contributed by atoms with Crippen molar-refractivity contribution < 1.29 is 31.1 Å². The molecule has 5 aromatic rings. The molecule has 7 rings (SSSR count). The van der Waals surface area contributed by atoms with Gasteiger partial charge in [-0.25, -0.2) is 9.38 Å². The fourth-order valence-electron chi connectivity index (χ4n) is 7.05.